The Morgan fingerprint density at radius 2 is 2.13 bits per heavy atom. The molecule has 1 aliphatic carbocycles. The summed E-state index contributed by atoms with van der Waals surface area (Å²) in [7, 11) is 1.56. The second-order valence-electron chi connectivity index (χ2n) is 4.44. The third-order valence-electron chi connectivity index (χ3n) is 3.19. The average molecular weight is 213 g/mol. The van der Waals surface area contributed by atoms with Crippen LogP contribution in [0, 0.1) is 5.92 Å². The van der Waals surface area contributed by atoms with Crippen molar-refractivity contribution in [2.75, 3.05) is 13.7 Å². The minimum atomic E-state index is 0.0329. The van der Waals surface area contributed by atoms with E-state index in [1.807, 2.05) is 0 Å². The van der Waals surface area contributed by atoms with E-state index in [-0.39, 0.29) is 12.5 Å². The summed E-state index contributed by atoms with van der Waals surface area (Å²) in [5.41, 5.74) is 0. The fourth-order valence-corrected chi connectivity index (χ4v) is 2.49. The van der Waals surface area contributed by atoms with Gasteiger partial charge < -0.3 is 10.1 Å². The normalized spacial score (nSPS) is 26.3. The number of carbonyl (C=O) groups is 1. The Bertz CT molecular complexity index is 192. The molecule has 1 N–H and O–H groups in total. The van der Waals surface area contributed by atoms with E-state index >= 15 is 0 Å². The summed E-state index contributed by atoms with van der Waals surface area (Å²) in [5.74, 6) is 0.718. The lowest BCUT2D eigenvalue weighted by molar-refractivity contribution is -0.126. The molecule has 0 aromatic rings. The second-order valence-corrected chi connectivity index (χ2v) is 4.44. The molecule has 2 atom stereocenters. The number of hydrogen-bond acceptors (Lipinski definition) is 2. The predicted molar refractivity (Wildman–Crippen MR) is 60.7 cm³/mol. The van der Waals surface area contributed by atoms with E-state index in [0.29, 0.717) is 12.0 Å². The molecule has 0 radical (unpaired) electrons. The van der Waals surface area contributed by atoms with E-state index in [9.17, 15) is 4.79 Å². The van der Waals surface area contributed by atoms with Crippen LogP contribution >= 0.6 is 0 Å². The number of ether oxygens (including phenoxy) is 1. The minimum Gasteiger partial charge on any atom is -0.375 e. The van der Waals surface area contributed by atoms with Crippen molar-refractivity contribution in [1.29, 1.82) is 0 Å². The van der Waals surface area contributed by atoms with Gasteiger partial charge in [0.2, 0.25) is 5.91 Å². The summed E-state index contributed by atoms with van der Waals surface area (Å²) in [5, 5.41) is 3.09. The number of amides is 1. The van der Waals surface area contributed by atoms with E-state index < -0.39 is 0 Å². The predicted octanol–water partition coefficient (Wildman–Crippen LogP) is 2.11. The second kappa shape index (κ2) is 6.83. The van der Waals surface area contributed by atoms with Crippen LogP contribution in [0.4, 0.5) is 0 Å². The van der Waals surface area contributed by atoms with Crippen molar-refractivity contribution < 1.29 is 9.53 Å². The smallest absolute Gasteiger partial charge is 0.246 e. The van der Waals surface area contributed by atoms with Crippen molar-refractivity contribution in [2.45, 2.75) is 51.5 Å². The van der Waals surface area contributed by atoms with Gasteiger partial charge in [0, 0.05) is 13.2 Å². The largest absolute Gasteiger partial charge is 0.375 e. The van der Waals surface area contributed by atoms with Gasteiger partial charge in [-0.2, -0.15) is 0 Å². The zero-order valence-corrected chi connectivity index (χ0v) is 9.92. The topological polar surface area (TPSA) is 38.3 Å². The van der Waals surface area contributed by atoms with E-state index in [1.165, 1.54) is 32.1 Å². The monoisotopic (exact) mass is 213 g/mol. The van der Waals surface area contributed by atoms with Crippen LogP contribution in [-0.4, -0.2) is 25.7 Å². The molecule has 0 aromatic heterocycles. The Kier molecular flexibility index (Phi) is 5.69. The molecule has 0 bridgehead atoms. The molecular weight excluding hydrogens is 190 g/mol. The number of nitrogens with one attached hydrogen (secondary N) is 1. The molecule has 0 unspecified atom stereocenters. The lowest BCUT2D eigenvalue weighted by atomic mass is 9.82. The van der Waals surface area contributed by atoms with Crippen LogP contribution in [0.2, 0.25) is 0 Å². The summed E-state index contributed by atoms with van der Waals surface area (Å²) < 4.78 is 4.83. The van der Waals surface area contributed by atoms with Crippen LogP contribution < -0.4 is 5.32 Å². The lowest BCUT2D eigenvalue weighted by Crippen LogP contribution is -2.43. The van der Waals surface area contributed by atoms with E-state index in [2.05, 4.69) is 12.2 Å². The maximum atomic E-state index is 11.4. The summed E-state index contributed by atoms with van der Waals surface area (Å²) >= 11 is 0. The molecule has 0 aliphatic heterocycles. The van der Waals surface area contributed by atoms with Crippen molar-refractivity contribution in [3.05, 3.63) is 0 Å². The summed E-state index contributed by atoms with van der Waals surface area (Å²) in [6.07, 6.45) is 7.42. The number of methoxy groups -OCH3 is 1. The van der Waals surface area contributed by atoms with Crippen LogP contribution in [0.3, 0.4) is 0 Å². The Morgan fingerprint density at radius 3 is 2.80 bits per heavy atom. The Labute approximate surface area is 92.6 Å². The zero-order valence-electron chi connectivity index (χ0n) is 9.92. The van der Waals surface area contributed by atoms with Gasteiger partial charge in [0.15, 0.2) is 0 Å². The molecule has 1 saturated carbocycles. The van der Waals surface area contributed by atoms with Gasteiger partial charge in [0.05, 0.1) is 0 Å². The SMILES string of the molecule is CCC[C@@H]1CCCC[C@@H]1NC(=O)COC. The maximum Gasteiger partial charge on any atom is 0.246 e. The Balaban J connectivity index is 2.38. The van der Waals surface area contributed by atoms with Crippen LogP contribution in [0.1, 0.15) is 45.4 Å². The summed E-state index contributed by atoms with van der Waals surface area (Å²) in [4.78, 5) is 11.4. The third kappa shape index (κ3) is 4.20. The summed E-state index contributed by atoms with van der Waals surface area (Å²) in [6.45, 7) is 2.40. The van der Waals surface area contributed by atoms with Gasteiger partial charge in [-0.25, -0.2) is 0 Å². The molecule has 15 heavy (non-hydrogen) atoms. The third-order valence-corrected chi connectivity index (χ3v) is 3.19. The van der Waals surface area contributed by atoms with Gasteiger partial charge in [-0.1, -0.05) is 26.2 Å². The Hall–Kier alpha value is -0.570. The maximum absolute atomic E-state index is 11.4. The fourth-order valence-electron chi connectivity index (χ4n) is 2.49. The van der Waals surface area contributed by atoms with Gasteiger partial charge in [-0.15, -0.1) is 0 Å². The molecule has 0 aromatic carbocycles. The first-order valence-corrected chi connectivity index (χ1v) is 6.06. The highest BCUT2D eigenvalue weighted by molar-refractivity contribution is 5.77. The van der Waals surface area contributed by atoms with Gasteiger partial charge in [-0.3, -0.25) is 4.79 Å². The summed E-state index contributed by atoms with van der Waals surface area (Å²) in [6, 6.07) is 0.390. The molecule has 0 spiro atoms. The van der Waals surface area contributed by atoms with Crippen molar-refractivity contribution in [3.8, 4) is 0 Å². The van der Waals surface area contributed by atoms with Crippen molar-refractivity contribution in [3.63, 3.8) is 0 Å². The van der Waals surface area contributed by atoms with Crippen LogP contribution in [0.15, 0.2) is 0 Å². The molecule has 0 heterocycles. The van der Waals surface area contributed by atoms with Crippen molar-refractivity contribution in [1.82, 2.24) is 5.32 Å². The first-order chi connectivity index (χ1) is 7.27. The van der Waals surface area contributed by atoms with Crippen LogP contribution in [0.5, 0.6) is 0 Å². The molecule has 3 nitrogen and oxygen atoms in total. The van der Waals surface area contributed by atoms with Gasteiger partial charge in [-0.05, 0) is 25.2 Å². The lowest BCUT2D eigenvalue weighted by Gasteiger charge is -2.32. The molecule has 88 valence electrons. The van der Waals surface area contributed by atoms with Gasteiger partial charge in [0.25, 0.3) is 0 Å². The molecule has 1 aliphatic rings. The van der Waals surface area contributed by atoms with Crippen molar-refractivity contribution >= 4 is 5.91 Å². The number of carbonyl (C=O) groups excluding carboxylic acids is 1. The van der Waals surface area contributed by atoms with E-state index in [0.717, 1.165) is 6.42 Å². The van der Waals surface area contributed by atoms with E-state index in [4.69, 9.17) is 4.74 Å². The highest BCUT2D eigenvalue weighted by atomic mass is 16.5. The Morgan fingerprint density at radius 1 is 1.40 bits per heavy atom. The first-order valence-electron chi connectivity index (χ1n) is 6.06. The number of hydrogen-bond donors (Lipinski definition) is 1. The number of rotatable bonds is 5. The molecule has 0 saturated heterocycles. The molecule has 1 rings (SSSR count). The van der Waals surface area contributed by atoms with Crippen molar-refractivity contribution in [2.24, 2.45) is 5.92 Å². The highest BCUT2D eigenvalue weighted by Gasteiger charge is 2.25. The zero-order chi connectivity index (χ0) is 11.1. The molecule has 3 heteroatoms. The quantitative estimate of drug-likeness (QED) is 0.759. The standard InChI is InChI=1S/C12H23NO2/c1-3-6-10-7-4-5-8-11(10)13-12(14)9-15-2/h10-11H,3-9H2,1-2H3,(H,13,14)/t10-,11+/m1/s1. The molecular formula is C12H23NO2. The van der Waals surface area contributed by atoms with Gasteiger partial charge in [0.1, 0.15) is 6.61 Å². The van der Waals surface area contributed by atoms with Gasteiger partial charge >= 0.3 is 0 Å². The van der Waals surface area contributed by atoms with E-state index in [1.54, 1.807) is 7.11 Å². The fraction of sp³-hybridized carbons (Fsp3) is 0.917. The first kappa shape index (κ1) is 12.5. The molecule has 1 fully saturated rings. The minimum absolute atomic E-state index is 0.0329. The van der Waals surface area contributed by atoms with Crippen LogP contribution in [-0.2, 0) is 9.53 Å². The van der Waals surface area contributed by atoms with Crippen LogP contribution in [0.25, 0.3) is 0 Å². The molecule has 1 amide bonds. The highest BCUT2D eigenvalue weighted by Crippen LogP contribution is 2.27. The average Bonchev–Trinajstić information content (AvgIpc) is 2.21.